The van der Waals surface area contributed by atoms with E-state index in [9.17, 15) is 27.5 Å². The van der Waals surface area contributed by atoms with Gasteiger partial charge in [0.1, 0.15) is 43.6 Å². The van der Waals surface area contributed by atoms with Crippen LogP contribution in [0.5, 0.6) is 11.5 Å². The Morgan fingerprint density at radius 2 is 1.74 bits per heavy atom. The van der Waals surface area contributed by atoms with Crippen molar-refractivity contribution in [1.29, 1.82) is 0 Å². The number of aromatic nitrogens is 4. The molecule has 0 radical (unpaired) electrons. The number of ketones is 1. The van der Waals surface area contributed by atoms with Crippen LogP contribution < -0.4 is 14.6 Å². The number of fused-ring (bicyclic) bond motifs is 1. The third-order valence-electron chi connectivity index (χ3n) is 6.29. The fourth-order valence-corrected chi connectivity index (χ4v) is 5.80. The number of carboxylic acids is 1. The van der Waals surface area contributed by atoms with Crippen LogP contribution in [0.4, 0.5) is 4.39 Å². The highest BCUT2D eigenvalue weighted by Crippen LogP contribution is 2.28. The predicted octanol–water partition coefficient (Wildman–Crippen LogP) is 2.37. The first kappa shape index (κ1) is 35.8. The SMILES string of the molecule is NS(=O)(=O)c1nc2ccc(OCc3cn(CC(=O)C[C@@H](COCc4cccc(OCCOCCOCC[18F])c4)C(=O)O)nn3)cc2s1. The number of hydrogen-bond acceptors (Lipinski definition) is 13. The molecule has 0 amide bonds. The molecule has 3 N–H and O–H groups in total. The van der Waals surface area contributed by atoms with E-state index in [1.165, 1.54) is 10.9 Å². The third kappa shape index (κ3) is 11.9. The van der Waals surface area contributed by atoms with Crippen LogP contribution in [-0.2, 0) is 53.6 Å². The number of carbonyl (C=O) groups is 2. The zero-order valence-corrected chi connectivity index (χ0v) is 26.8. The lowest BCUT2D eigenvalue weighted by atomic mass is 10.0. The summed E-state index contributed by atoms with van der Waals surface area (Å²) in [5.74, 6) is -1.56. The van der Waals surface area contributed by atoms with Crippen LogP contribution in [-0.4, -0.2) is 91.6 Å². The minimum Gasteiger partial charge on any atom is -0.491 e. The average Bonchev–Trinajstić information content (AvgIpc) is 3.67. The number of benzene rings is 2. The number of primary sulfonamides is 1. The molecule has 0 bridgehead atoms. The van der Waals surface area contributed by atoms with Gasteiger partial charge in [0.2, 0.25) is 4.34 Å². The van der Waals surface area contributed by atoms with Gasteiger partial charge in [0.25, 0.3) is 10.0 Å². The van der Waals surface area contributed by atoms with Gasteiger partial charge in [-0.2, -0.15) is 0 Å². The molecule has 0 unspecified atom stereocenters. The van der Waals surface area contributed by atoms with Crippen molar-refractivity contribution in [3.63, 3.8) is 0 Å². The summed E-state index contributed by atoms with van der Waals surface area (Å²) < 4.78 is 64.1. The Morgan fingerprint density at radius 3 is 2.51 bits per heavy atom. The maximum absolute atomic E-state index is 12.7. The number of nitrogens with zero attached hydrogens (tertiary/aromatic N) is 4. The number of halogens is 1. The molecule has 1 atom stereocenters. The predicted molar refractivity (Wildman–Crippen MR) is 165 cm³/mol. The average molecular weight is 695 g/mol. The first-order valence-corrected chi connectivity index (χ1v) is 16.7. The van der Waals surface area contributed by atoms with E-state index in [4.69, 9.17) is 28.8 Å². The molecule has 18 heteroatoms. The zero-order chi connectivity index (χ0) is 33.6. The lowest BCUT2D eigenvalue weighted by Crippen LogP contribution is -2.25. The summed E-state index contributed by atoms with van der Waals surface area (Å²) in [6, 6.07) is 12.0. The largest absolute Gasteiger partial charge is 0.491 e. The van der Waals surface area contributed by atoms with E-state index in [0.29, 0.717) is 53.8 Å². The van der Waals surface area contributed by atoms with Crippen molar-refractivity contribution in [3.05, 3.63) is 59.9 Å². The maximum atomic E-state index is 12.7. The van der Waals surface area contributed by atoms with Gasteiger partial charge in [-0.25, -0.2) is 27.6 Å². The minimum atomic E-state index is -3.92. The van der Waals surface area contributed by atoms with Gasteiger partial charge < -0.3 is 28.8 Å². The van der Waals surface area contributed by atoms with Crippen molar-refractivity contribution in [1.82, 2.24) is 20.0 Å². The Bertz CT molecular complexity index is 1730. The first-order valence-electron chi connectivity index (χ1n) is 14.3. The number of hydrogen-bond donors (Lipinski definition) is 2. The van der Waals surface area contributed by atoms with Gasteiger partial charge in [0.15, 0.2) is 5.78 Å². The Morgan fingerprint density at radius 1 is 0.979 bits per heavy atom. The van der Waals surface area contributed by atoms with Gasteiger partial charge in [-0.05, 0) is 35.9 Å². The van der Waals surface area contributed by atoms with Crippen LogP contribution in [0.1, 0.15) is 17.7 Å². The topological polar surface area (TPSA) is 204 Å². The van der Waals surface area contributed by atoms with Crippen LogP contribution >= 0.6 is 11.3 Å². The lowest BCUT2D eigenvalue weighted by molar-refractivity contribution is -0.146. The molecule has 2 heterocycles. The number of ether oxygens (including phenoxy) is 5. The molecule has 0 spiro atoms. The molecular formula is C29H34FN5O10S2. The van der Waals surface area contributed by atoms with Crippen molar-refractivity contribution in [2.24, 2.45) is 11.1 Å². The van der Waals surface area contributed by atoms with Crippen LogP contribution in [0.25, 0.3) is 10.2 Å². The molecule has 254 valence electrons. The summed E-state index contributed by atoms with van der Waals surface area (Å²) in [4.78, 5) is 28.5. The van der Waals surface area contributed by atoms with E-state index in [-0.39, 0.29) is 49.5 Å². The number of nitrogens with two attached hydrogens (primary N) is 1. The number of alkyl halides is 1. The smallest absolute Gasteiger partial charge is 0.309 e. The molecule has 0 aliphatic heterocycles. The fourth-order valence-electron chi connectivity index (χ4n) is 4.11. The van der Waals surface area contributed by atoms with Crippen molar-refractivity contribution in [3.8, 4) is 11.5 Å². The second-order valence-electron chi connectivity index (χ2n) is 10.1. The molecule has 0 saturated carbocycles. The summed E-state index contributed by atoms with van der Waals surface area (Å²) in [6.07, 6.45) is 1.25. The van der Waals surface area contributed by atoms with Crippen molar-refractivity contribution < 1.29 is 51.2 Å². The first-order chi connectivity index (χ1) is 22.6. The Balaban J connectivity index is 1.18. The second kappa shape index (κ2) is 17.7. The number of thiazole rings is 1. The molecule has 0 fully saturated rings. The van der Waals surface area contributed by atoms with E-state index >= 15 is 0 Å². The van der Waals surface area contributed by atoms with Gasteiger partial charge in [-0.1, -0.05) is 17.3 Å². The van der Waals surface area contributed by atoms with Gasteiger partial charge in [-0.3, -0.25) is 9.59 Å². The summed E-state index contributed by atoms with van der Waals surface area (Å²) >= 11 is 0.924. The van der Waals surface area contributed by atoms with E-state index in [0.717, 1.165) is 16.9 Å². The number of carboxylic acid groups (broad SMARTS) is 1. The van der Waals surface area contributed by atoms with Crippen LogP contribution in [0, 0.1) is 5.92 Å². The zero-order valence-electron chi connectivity index (χ0n) is 25.2. The molecule has 0 aliphatic rings. The van der Waals surface area contributed by atoms with Crippen molar-refractivity contribution >= 4 is 43.3 Å². The fraction of sp³-hybridized carbons (Fsp3) is 0.414. The molecule has 0 saturated heterocycles. The van der Waals surface area contributed by atoms with Gasteiger partial charge in [0, 0.05) is 6.42 Å². The second-order valence-corrected chi connectivity index (χ2v) is 12.8. The minimum absolute atomic E-state index is 0.0181. The number of aliphatic carboxylic acids is 1. The molecular weight excluding hydrogens is 660 g/mol. The number of rotatable bonds is 22. The van der Waals surface area contributed by atoms with Crippen LogP contribution in [0.15, 0.2) is 53.0 Å². The van der Waals surface area contributed by atoms with Crippen LogP contribution in [0.3, 0.4) is 0 Å². The molecule has 4 aromatic rings. The van der Waals surface area contributed by atoms with Gasteiger partial charge in [0.05, 0.1) is 62.0 Å². The van der Waals surface area contributed by atoms with E-state index in [2.05, 4.69) is 15.3 Å². The van der Waals surface area contributed by atoms with E-state index in [1.54, 1.807) is 42.5 Å². The molecule has 0 aliphatic carbocycles. The molecule has 4 rings (SSSR count). The standard InChI is InChI=1S/C29H34FN5O10S2/c30-6-7-41-8-9-42-10-11-44-24-3-1-2-20(12-24)17-43-18-21(28(37)38)13-23(36)16-35-15-22(33-34-35)19-45-25-4-5-26-27(14-25)46-29(32-26)47(31,39)40/h1-5,12,14-15,21H,6-11,13,16-19H2,(H,37,38)(H2,31,39,40)/t21-/m0/s1/i30-1. The Hall–Kier alpha value is -4.07. The molecule has 2 aromatic heterocycles. The van der Waals surface area contributed by atoms with Gasteiger partial charge in [-0.15, -0.1) is 16.4 Å². The van der Waals surface area contributed by atoms with E-state index < -0.39 is 28.6 Å². The highest BCUT2D eigenvalue weighted by atomic mass is 32.2. The Labute approximate surface area is 273 Å². The molecule has 2 aromatic carbocycles. The quantitative estimate of drug-likeness (QED) is 0.114. The maximum Gasteiger partial charge on any atom is 0.309 e. The monoisotopic (exact) mass is 694 g/mol. The van der Waals surface area contributed by atoms with Crippen molar-refractivity contribution in [2.45, 2.75) is 30.5 Å². The normalized spacial score (nSPS) is 12.3. The Kier molecular flexibility index (Phi) is 13.5. The van der Waals surface area contributed by atoms with Crippen LogP contribution in [0.2, 0.25) is 0 Å². The number of Topliss-reactive ketones (excluding diaryl/α,β-unsaturated/α-hetero) is 1. The summed E-state index contributed by atoms with van der Waals surface area (Å²) in [7, 11) is -3.92. The molecule has 15 nitrogen and oxygen atoms in total. The third-order valence-corrected chi connectivity index (χ3v) is 8.63. The summed E-state index contributed by atoms with van der Waals surface area (Å²) in [5.41, 5.74) is 1.65. The summed E-state index contributed by atoms with van der Waals surface area (Å²) in [5, 5.41) is 22.7. The summed E-state index contributed by atoms with van der Waals surface area (Å²) in [6.45, 7) is 0.558. The highest BCUT2D eigenvalue weighted by molar-refractivity contribution is 7.91. The highest BCUT2D eigenvalue weighted by Gasteiger charge is 2.22. The van der Waals surface area contributed by atoms with Crippen molar-refractivity contribution in [2.75, 3.05) is 46.3 Å². The van der Waals surface area contributed by atoms with E-state index in [1.807, 2.05) is 0 Å². The molecule has 47 heavy (non-hydrogen) atoms. The number of carbonyl (C=O) groups excluding carboxylic acids is 1. The van der Waals surface area contributed by atoms with Gasteiger partial charge >= 0.3 is 5.97 Å². The lowest BCUT2D eigenvalue weighted by Gasteiger charge is -2.13. The number of sulfonamides is 1.